The summed E-state index contributed by atoms with van der Waals surface area (Å²) in [6.07, 6.45) is 2.61. The Morgan fingerprint density at radius 2 is 2.00 bits per heavy atom. The Hall–Kier alpha value is -0.900. The van der Waals surface area contributed by atoms with E-state index in [1.807, 2.05) is 0 Å². The maximum Gasteiger partial charge on any atom is 0.146 e. The first-order chi connectivity index (χ1) is 6.04. The molecule has 0 saturated carbocycles. The summed E-state index contributed by atoms with van der Waals surface area (Å²) in [5, 5.41) is 0. The summed E-state index contributed by atoms with van der Waals surface area (Å²) >= 11 is 0. The number of aliphatic imine (C=N–C) groups is 1. The number of nitrogens with two attached hydrogens (primary N) is 2. The summed E-state index contributed by atoms with van der Waals surface area (Å²) in [4.78, 5) is 14.8. The first-order valence-electron chi connectivity index (χ1n) is 4.56. The minimum Gasteiger partial charge on any atom is -0.388 e. The van der Waals surface area contributed by atoms with Crippen LogP contribution in [-0.2, 0) is 4.79 Å². The van der Waals surface area contributed by atoms with Gasteiger partial charge in [-0.2, -0.15) is 0 Å². The van der Waals surface area contributed by atoms with E-state index in [0.717, 1.165) is 25.8 Å². The molecule has 4 heteroatoms. The van der Waals surface area contributed by atoms with Crippen molar-refractivity contribution in [1.29, 1.82) is 0 Å². The summed E-state index contributed by atoms with van der Waals surface area (Å²) in [5.41, 5.74) is 10.9. The van der Waals surface area contributed by atoms with Crippen LogP contribution in [0, 0.1) is 0 Å². The third-order valence-corrected chi connectivity index (χ3v) is 1.81. The molecular weight excluding hydrogens is 166 g/mol. The van der Waals surface area contributed by atoms with Crippen LogP contribution < -0.4 is 11.5 Å². The Labute approximate surface area is 79.4 Å². The predicted molar refractivity (Wildman–Crippen MR) is 54.7 cm³/mol. The van der Waals surface area contributed by atoms with Crippen LogP contribution in [0.3, 0.4) is 0 Å². The van der Waals surface area contributed by atoms with Crippen molar-refractivity contribution in [3.05, 3.63) is 0 Å². The Balaban J connectivity index is 3.36. The van der Waals surface area contributed by atoms with Gasteiger partial charge in [-0.15, -0.1) is 0 Å². The third kappa shape index (κ3) is 7.46. The van der Waals surface area contributed by atoms with Crippen molar-refractivity contribution >= 4 is 11.6 Å². The lowest BCUT2D eigenvalue weighted by Gasteiger charge is -2.05. The van der Waals surface area contributed by atoms with Gasteiger partial charge < -0.3 is 11.5 Å². The highest BCUT2D eigenvalue weighted by atomic mass is 16.1. The number of nitrogens with zero attached hydrogens (tertiary/aromatic N) is 1. The molecule has 0 aliphatic heterocycles. The quantitative estimate of drug-likeness (QED) is 0.358. The number of ketones is 1. The molecular formula is C9H19N3O. The average Bonchev–Trinajstić information content (AvgIpc) is 2.02. The van der Waals surface area contributed by atoms with Gasteiger partial charge in [0, 0.05) is 6.54 Å². The molecule has 0 amide bonds. The van der Waals surface area contributed by atoms with Gasteiger partial charge in [0.15, 0.2) is 0 Å². The zero-order valence-corrected chi connectivity index (χ0v) is 8.42. The largest absolute Gasteiger partial charge is 0.388 e. The molecule has 4 nitrogen and oxygen atoms in total. The van der Waals surface area contributed by atoms with Crippen molar-refractivity contribution in [3.63, 3.8) is 0 Å². The summed E-state index contributed by atoms with van der Waals surface area (Å²) < 4.78 is 0. The van der Waals surface area contributed by atoms with Crippen molar-refractivity contribution in [2.75, 3.05) is 6.54 Å². The molecule has 0 spiro atoms. The zero-order valence-electron chi connectivity index (χ0n) is 8.42. The Morgan fingerprint density at radius 1 is 1.38 bits per heavy atom. The van der Waals surface area contributed by atoms with Crippen LogP contribution in [0.1, 0.15) is 33.1 Å². The van der Waals surface area contributed by atoms with Crippen LogP contribution in [0.2, 0.25) is 0 Å². The highest BCUT2D eigenvalue weighted by Gasteiger charge is 2.06. The van der Waals surface area contributed by atoms with Crippen LogP contribution in [0.15, 0.2) is 4.99 Å². The Kier molecular flexibility index (Phi) is 6.14. The number of carbonyl (C=O) groups is 1. The summed E-state index contributed by atoms with van der Waals surface area (Å²) in [6, 6.07) is -0.303. The number of hydrogen-bond donors (Lipinski definition) is 2. The maximum atomic E-state index is 10.7. The molecule has 0 aromatic carbocycles. The van der Waals surface area contributed by atoms with E-state index in [-0.39, 0.29) is 11.8 Å². The lowest BCUT2D eigenvalue weighted by atomic mass is 10.1. The topological polar surface area (TPSA) is 81.5 Å². The van der Waals surface area contributed by atoms with E-state index in [4.69, 9.17) is 11.5 Å². The predicted octanol–water partition coefficient (Wildman–Crippen LogP) is 0.450. The highest BCUT2D eigenvalue weighted by Crippen LogP contribution is 1.99. The number of unbranched alkanes of at least 4 members (excludes halogenated alkanes) is 1. The van der Waals surface area contributed by atoms with Gasteiger partial charge in [-0.1, -0.05) is 0 Å². The van der Waals surface area contributed by atoms with Gasteiger partial charge in [-0.05, 0) is 33.1 Å². The van der Waals surface area contributed by atoms with Crippen molar-refractivity contribution < 1.29 is 4.79 Å². The fraction of sp³-hybridized carbons (Fsp3) is 0.778. The second kappa shape index (κ2) is 6.60. The minimum absolute atomic E-state index is 0.0542. The normalized spacial score (nSPS) is 14.2. The van der Waals surface area contributed by atoms with Crippen LogP contribution in [0.5, 0.6) is 0 Å². The standard InChI is InChI=1S/C9H19N3O/c1-7(13)9(11)5-3-4-6-12-8(2)10/h9H,3-6,11H2,1-2H3,(H2,10,12). The molecule has 0 bridgehead atoms. The second-order valence-corrected chi connectivity index (χ2v) is 3.24. The molecule has 76 valence electrons. The zero-order chi connectivity index (χ0) is 10.3. The fourth-order valence-electron chi connectivity index (χ4n) is 0.935. The van der Waals surface area contributed by atoms with E-state index < -0.39 is 0 Å². The SMILES string of the molecule is CC(=O)C(N)CCCCN=C(C)N. The van der Waals surface area contributed by atoms with Crippen LogP contribution in [0.25, 0.3) is 0 Å². The smallest absolute Gasteiger partial charge is 0.146 e. The van der Waals surface area contributed by atoms with Crippen LogP contribution in [-0.4, -0.2) is 24.2 Å². The lowest BCUT2D eigenvalue weighted by molar-refractivity contribution is -0.118. The Morgan fingerprint density at radius 3 is 2.46 bits per heavy atom. The van der Waals surface area contributed by atoms with Crippen molar-refractivity contribution in [2.45, 2.75) is 39.2 Å². The molecule has 4 N–H and O–H groups in total. The van der Waals surface area contributed by atoms with Crippen LogP contribution in [0.4, 0.5) is 0 Å². The highest BCUT2D eigenvalue weighted by molar-refractivity contribution is 5.81. The van der Waals surface area contributed by atoms with Crippen LogP contribution >= 0.6 is 0 Å². The number of amidine groups is 1. The number of carbonyl (C=O) groups excluding carboxylic acids is 1. The van der Waals surface area contributed by atoms with E-state index in [0.29, 0.717) is 5.84 Å². The van der Waals surface area contributed by atoms with Gasteiger partial charge >= 0.3 is 0 Å². The molecule has 0 rings (SSSR count). The fourth-order valence-corrected chi connectivity index (χ4v) is 0.935. The number of Topliss-reactive ketones (excluding diaryl/α,β-unsaturated/α-hetero) is 1. The van der Waals surface area contributed by atoms with Crippen molar-refractivity contribution in [3.8, 4) is 0 Å². The number of hydrogen-bond acceptors (Lipinski definition) is 3. The monoisotopic (exact) mass is 185 g/mol. The molecule has 0 aliphatic rings. The van der Waals surface area contributed by atoms with Gasteiger partial charge in [-0.25, -0.2) is 0 Å². The van der Waals surface area contributed by atoms with E-state index >= 15 is 0 Å². The molecule has 13 heavy (non-hydrogen) atoms. The molecule has 0 fully saturated rings. The van der Waals surface area contributed by atoms with E-state index in [2.05, 4.69) is 4.99 Å². The van der Waals surface area contributed by atoms with Gasteiger partial charge in [0.25, 0.3) is 0 Å². The summed E-state index contributed by atoms with van der Waals surface area (Å²) in [7, 11) is 0. The van der Waals surface area contributed by atoms with E-state index in [1.54, 1.807) is 6.92 Å². The van der Waals surface area contributed by atoms with Crippen molar-refractivity contribution in [1.82, 2.24) is 0 Å². The summed E-state index contributed by atoms with van der Waals surface area (Å²) in [6.45, 7) is 4.01. The maximum absolute atomic E-state index is 10.7. The molecule has 0 aromatic heterocycles. The molecule has 0 aromatic rings. The molecule has 1 atom stereocenters. The third-order valence-electron chi connectivity index (χ3n) is 1.81. The van der Waals surface area contributed by atoms with E-state index in [9.17, 15) is 4.79 Å². The molecule has 0 radical (unpaired) electrons. The number of rotatable bonds is 6. The molecule has 1 unspecified atom stereocenters. The average molecular weight is 185 g/mol. The Bertz CT molecular complexity index is 185. The second-order valence-electron chi connectivity index (χ2n) is 3.24. The van der Waals surface area contributed by atoms with E-state index in [1.165, 1.54) is 6.92 Å². The molecule has 0 saturated heterocycles. The van der Waals surface area contributed by atoms with Gasteiger partial charge in [-0.3, -0.25) is 9.79 Å². The first-order valence-corrected chi connectivity index (χ1v) is 4.56. The van der Waals surface area contributed by atoms with Gasteiger partial charge in [0.2, 0.25) is 0 Å². The summed E-state index contributed by atoms with van der Waals surface area (Å²) in [5.74, 6) is 0.661. The minimum atomic E-state index is -0.303. The van der Waals surface area contributed by atoms with Gasteiger partial charge in [0.05, 0.1) is 11.9 Å². The van der Waals surface area contributed by atoms with Crippen molar-refractivity contribution in [2.24, 2.45) is 16.5 Å². The van der Waals surface area contributed by atoms with Gasteiger partial charge in [0.1, 0.15) is 5.78 Å². The lowest BCUT2D eigenvalue weighted by Crippen LogP contribution is -2.27. The first kappa shape index (κ1) is 12.1. The molecule has 0 heterocycles. The molecule has 0 aliphatic carbocycles.